The van der Waals surface area contributed by atoms with E-state index >= 15 is 0 Å². The maximum Gasteiger partial charge on any atom is 0.254 e. The number of hydrogen-bond acceptors (Lipinski definition) is 7. The Hall–Kier alpha value is -4.40. The number of methoxy groups -OCH3 is 2. The van der Waals surface area contributed by atoms with E-state index in [1.807, 2.05) is 41.3 Å². The summed E-state index contributed by atoms with van der Waals surface area (Å²) in [4.78, 5) is 24.9. The van der Waals surface area contributed by atoms with Gasteiger partial charge in [0.25, 0.3) is 5.91 Å². The van der Waals surface area contributed by atoms with E-state index in [0.29, 0.717) is 48.9 Å². The lowest BCUT2D eigenvalue weighted by Crippen LogP contribution is -2.48. The van der Waals surface area contributed by atoms with Crippen LogP contribution in [0.1, 0.15) is 10.4 Å². The molecule has 0 radical (unpaired) electrons. The van der Waals surface area contributed by atoms with Crippen LogP contribution >= 0.6 is 0 Å². The van der Waals surface area contributed by atoms with Crippen molar-refractivity contribution in [3.8, 4) is 34.4 Å². The van der Waals surface area contributed by atoms with Gasteiger partial charge in [0, 0.05) is 43.0 Å². The highest BCUT2D eigenvalue weighted by Gasteiger charge is 2.23. The summed E-state index contributed by atoms with van der Waals surface area (Å²) >= 11 is 0. The lowest BCUT2D eigenvalue weighted by Gasteiger charge is -2.36. The summed E-state index contributed by atoms with van der Waals surface area (Å²) in [6.45, 7) is 2.65. The number of piperazine rings is 1. The van der Waals surface area contributed by atoms with Crippen molar-refractivity contribution in [1.29, 1.82) is 0 Å². The number of phenols is 2. The van der Waals surface area contributed by atoms with E-state index in [2.05, 4.69) is 14.9 Å². The molecule has 0 spiro atoms. The zero-order valence-electron chi connectivity index (χ0n) is 19.5. The predicted molar refractivity (Wildman–Crippen MR) is 133 cm³/mol. The number of aromatic hydroxyl groups is 2. The number of H-pyrrole nitrogens is 1. The van der Waals surface area contributed by atoms with E-state index in [4.69, 9.17) is 9.47 Å². The van der Waals surface area contributed by atoms with E-state index in [0.717, 1.165) is 16.7 Å². The van der Waals surface area contributed by atoms with Gasteiger partial charge in [-0.25, -0.2) is 4.98 Å². The molecule has 0 bridgehead atoms. The maximum atomic E-state index is 12.9. The van der Waals surface area contributed by atoms with Crippen molar-refractivity contribution >= 4 is 22.6 Å². The normalized spacial score (nSPS) is 13.8. The number of nitrogens with zero attached hydrogens (tertiary/aromatic N) is 3. The number of hydrogen-bond donors (Lipinski definition) is 3. The number of fused-ring (bicyclic) bond motifs is 1. The number of nitrogens with one attached hydrogen (secondary N) is 1. The van der Waals surface area contributed by atoms with Gasteiger partial charge in [0.2, 0.25) is 5.75 Å². The fourth-order valence-electron chi connectivity index (χ4n) is 4.32. The third kappa shape index (κ3) is 4.28. The van der Waals surface area contributed by atoms with Crippen molar-refractivity contribution in [2.45, 2.75) is 0 Å². The molecule has 1 fully saturated rings. The largest absolute Gasteiger partial charge is 0.504 e. The van der Waals surface area contributed by atoms with Gasteiger partial charge in [0.05, 0.1) is 25.3 Å². The van der Waals surface area contributed by atoms with Crippen LogP contribution < -0.4 is 14.4 Å². The number of aromatic nitrogens is 2. The van der Waals surface area contributed by atoms with Gasteiger partial charge in [-0.3, -0.25) is 4.79 Å². The lowest BCUT2D eigenvalue weighted by atomic mass is 10.1. The van der Waals surface area contributed by atoms with Gasteiger partial charge in [-0.05, 0) is 48.5 Å². The molecule has 3 aromatic carbocycles. The van der Waals surface area contributed by atoms with Gasteiger partial charge in [0.1, 0.15) is 11.6 Å². The van der Waals surface area contributed by atoms with Crippen LogP contribution in [0.15, 0.2) is 54.6 Å². The van der Waals surface area contributed by atoms with E-state index < -0.39 is 0 Å². The molecule has 3 N–H and O–H groups in total. The lowest BCUT2D eigenvalue weighted by molar-refractivity contribution is 0.0746. The summed E-state index contributed by atoms with van der Waals surface area (Å²) in [6, 6.07) is 16.3. The minimum Gasteiger partial charge on any atom is -0.504 e. The average Bonchev–Trinajstić information content (AvgIpc) is 3.33. The minimum atomic E-state index is -0.307. The molecule has 2 heterocycles. The number of anilines is 1. The Morgan fingerprint density at radius 2 is 1.77 bits per heavy atom. The standard InChI is InChI=1S/C26H26N4O5/c1-34-19-5-3-4-16(12-19)26(33)30-10-8-29(9-11-30)18-6-7-20-21(15-18)28-25(27-20)17-13-22(31)24(32)23(14-17)35-2/h3-7,12-15,31-32H,8-11H2,1-2H3,(H,27,28). The van der Waals surface area contributed by atoms with E-state index in [9.17, 15) is 15.0 Å². The highest BCUT2D eigenvalue weighted by molar-refractivity contribution is 5.94. The SMILES string of the molecule is COc1cccc(C(=O)N2CCN(c3ccc4[nH]c(-c5cc(O)c(O)c(OC)c5)nc4c3)CC2)c1. The van der Waals surface area contributed by atoms with Gasteiger partial charge < -0.3 is 34.5 Å². The van der Waals surface area contributed by atoms with Gasteiger partial charge in [-0.15, -0.1) is 0 Å². The number of imidazole rings is 1. The summed E-state index contributed by atoms with van der Waals surface area (Å²) in [5, 5.41) is 19.9. The van der Waals surface area contributed by atoms with Crippen molar-refractivity contribution in [3.05, 3.63) is 60.2 Å². The molecule has 0 unspecified atom stereocenters. The summed E-state index contributed by atoms with van der Waals surface area (Å²) in [7, 11) is 3.01. The first-order chi connectivity index (χ1) is 17.0. The van der Waals surface area contributed by atoms with Crippen LogP contribution in [0.25, 0.3) is 22.4 Å². The van der Waals surface area contributed by atoms with Gasteiger partial charge in [-0.1, -0.05) is 6.07 Å². The monoisotopic (exact) mass is 474 g/mol. The Morgan fingerprint density at radius 1 is 0.971 bits per heavy atom. The smallest absolute Gasteiger partial charge is 0.254 e. The first-order valence-electron chi connectivity index (χ1n) is 11.2. The highest BCUT2D eigenvalue weighted by atomic mass is 16.5. The molecule has 0 aliphatic carbocycles. The molecular formula is C26H26N4O5. The molecule has 35 heavy (non-hydrogen) atoms. The molecule has 1 aliphatic heterocycles. The van der Waals surface area contributed by atoms with Crippen molar-refractivity contribution in [3.63, 3.8) is 0 Å². The second kappa shape index (κ2) is 9.09. The molecule has 0 saturated carbocycles. The second-order valence-corrected chi connectivity index (χ2v) is 8.34. The molecule has 5 rings (SSSR count). The molecule has 4 aromatic rings. The quantitative estimate of drug-likeness (QED) is 0.379. The fraction of sp³-hybridized carbons (Fsp3) is 0.231. The number of aromatic amines is 1. The summed E-state index contributed by atoms with van der Waals surface area (Å²) in [5.74, 6) is 0.813. The molecule has 1 aromatic heterocycles. The van der Waals surface area contributed by atoms with Crippen LogP contribution in [-0.2, 0) is 0 Å². The summed E-state index contributed by atoms with van der Waals surface area (Å²) in [5.41, 5.74) is 3.87. The van der Waals surface area contributed by atoms with E-state index in [-0.39, 0.29) is 23.2 Å². The Labute approximate surface area is 202 Å². The van der Waals surface area contributed by atoms with Crippen molar-refractivity contribution < 1.29 is 24.5 Å². The number of amides is 1. The molecule has 9 heteroatoms. The van der Waals surface area contributed by atoms with Crippen molar-refractivity contribution in [2.24, 2.45) is 0 Å². The molecule has 180 valence electrons. The highest BCUT2D eigenvalue weighted by Crippen LogP contribution is 2.39. The molecule has 0 atom stereocenters. The third-order valence-corrected chi connectivity index (χ3v) is 6.26. The van der Waals surface area contributed by atoms with Crippen LogP contribution in [0.3, 0.4) is 0 Å². The first-order valence-corrected chi connectivity index (χ1v) is 11.2. The van der Waals surface area contributed by atoms with Gasteiger partial charge in [0.15, 0.2) is 11.5 Å². The Bertz CT molecular complexity index is 1390. The molecule has 9 nitrogen and oxygen atoms in total. The number of carbonyl (C=O) groups excluding carboxylic acids is 1. The topological polar surface area (TPSA) is 111 Å². The van der Waals surface area contributed by atoms with E-state index in [1.54, 1.807) is 19.2 Å². The van der Waals surface area contributed by atoms with E-state index in [1.165, 1.54) is 13.2 Å². The van der Waals surface area contributed by atoms with Crippen LogP contribution in [0.5, 0.6) is 23.0 Å². The van der Waals surface area contributed by atoms with Crippen LogP contribution in [-0.4, -0.2) is 71.4 Å². The Morgan fingerprint density at radius 3 is 2.51 bits per heavy atom. The van der Waals surface area contributed by atoms with Crippen LogP contribution in [0.2, 0.25) is 0 Å². The van der Waals surface area contributed by atoms with Crippen LogP contribution in [0, 0.1) is 0 Å². The fourth-order valence-corrected chi connectivity index (χ4v) is 4.32. The number of phenolic OH excluding ortho intramolecular Hbond substituents is 2. The van der Waals surface area contributed by atoms with Crippen LogP contribution in [0.4, 0.5) is 5.69 Å². The number of carbonyl (C=O) groups is 1. The molecule has 1 saturated heterocycles. The van der Waals surface area contributed by atoms with Crippen molar-refractivity contribution in [1.82, 2.24) is 14.9 Å². The first kappa shape index (κ1) is 22.4. The molecule has 1 aliphatic rings. The molecular weight excluding hydrogens is 448 g/mol. The molecule has 1 amide bonds. The average molecular weight is 475 g/mol. The zero-order valence-corrected chi connectivity index (χ0v) is 19.5. The summed E-state index contributed by atoms with van der Waals surface area (Å²) < 4.78 is 10.4. The van der Waals surface area contributed by atoms with Gasteiger partial charge >= 0.3 is 0 Å². The summed E-state index contributed by atoms with van der Waals surface area (Å²) in [6.07, 6.45) is 0. The zero-order chi connectivity index (χ0) is 24.5. The predicted octanol–water partition coefficient (Wildman–Crippen LogP) is 3.62. The van der Waals surface area contributed by atoms with Crippen molar-refractivity contribution in [2.75, 3.05) is 45.3 Å². The number of benzene rings is 3. The second-order valence-electron chi connectivity index (χ2n) is 8.34. The Balaban J connectivity index is 1.32. The minimum absolute atomic E-state index is 0.00326. The maximum absolute atomic E-state index is 12.9. The van der Waals surface area contributed by atoms with Gasteiger partial charge in [-0.2, -0.15) is 0 Å². The Kier molecular flexibility index (Phi) is 5.82. The number of rotatable bonds is 5. The number of ether oxygens (including phenoxy) is 2. The third-order valence-electron chi connectivity index (χ3n) is 6.26.